The smallest absolute Gasteiger partial charge is 0.138 e. The highest BCUT2D eigenvalue weighted by Crippen LogP contribution is 2.28. The van der Waals surface area contributed by atoms with E-state index in [-0.39, 0.29) is 5.54 Å². The molecule has 114 valence electrons. The molecule has 0 spiro atoms. The first-order valence-electron chi connectivity index (χ1n) is 6.74. The second-order valence-electron chi connectivity index (χ2n) is 5.86. The molecule has 0 radical (unpaired) electrons. The van der Waals surface area contributed by atoms with Crippen molar-refractivity contribution in [3.8, 4) is 5.75 Å². The van der Waals surface area contributed by atoms with Gasteiger partial charge >= 0.3 is 0 Å². The SMILES string of the molecule is CC(C)(C)NCc1ccc(OCc2ccc(Cl)s2)c(Cl)c1. The van der Waals surface area contributed by atoms with Crippen LogP contribution in [0.25, 0.3) is 0 Å². The number of halogens is 2. The molecule has 1 heterocycles. The molecular formula is C16H19Cl2NOS. The van der Waals surface area contributed by atoms with Crippen molar-refractivity contribution in [3.63, 3.8) is 0 Å². The van der Waals surface area contributed by atoms with E-state index in [1.165, 1.54) is 11.3 Å². The minimum Gasteiger partial charge on any atom is -0.487 e. The van der Waals surface area contributed by atoms with Crippen LogP contribution in [0.15, 0.2) is 30.3 Å². The molecule has 0 fully saturated rings. The quantitative estimate of drug-likeness (QED) is 0.771. The van der Waals surface area contributed by atoms with Gasteiger partial charge in [0.1, 0.15) is 12.4 Å². The summed E-state index contributed by atoms with van der Waals surface area (Å²) < 4.78 is 6.50. The van der Waals surface area contributed by atoms with E-state index >= 15 is 0 Å². The van der Waals surface area contributed by atoms with E-state index in [0.717, 1.165) is 21.3 Å². The standard InChI is InChI=1S/C16H19Cl2NOS/c1-16(2,3)19-9-11-4-6-14(13(17)8-11)20-10-12-5-7-15(18)21-12/h4-8,19H,9-10H2,1-3H3. The maximum atomic E-state index is 6.28. The summed E-state index contributed by atoms with van der Waals surface area (Å²) in [5, 5.41) is 4.06. The number of hydrogen-bond acceptors (Lipinski definition) is 3. The number of nitrogens with one attached hydrogen (secondary N) is 1. The number of hydrogen-bond donors (Lipinski definition) is 1. The van der Waals surface area contributed by atoms with Crippen LogP contribution < -0.4 is 10.1 Å². The highest BCUT2D eigenvalue weighted by molar-refractivity contribution is 7.16. The van der Waals surface area contributed by atoms with Crippen molar-refractivity contribution in [1.82, 2.24) is 5.32 Å². The van der Waals surface area contributed by atoms with Gasteiger partial charge in [0.05, 0.1) is 9.36 Å². The van der Waals surface area contributed by atoms with Crippen molar-refractivity contribution in [1.29, 1.82) is 0 Å². The maximum Gasteiger partial charge on any atom is 0.138 e. The van der Waals surface area contributed by atoms with Crippen molar-refractivity contribution in [2.75, 3.05) is 0 Å². The summed E-state index contributed by atoms with van der Waals surface area (Å²) in [4.78, 5) is 1.08. The molecule has 2 aromatic rings. The lowest BCUT2D eigenvalue weighted by Crippen LogP contribution is -2.35. The summed E-state index contributed by atoms with van der Waals surface area (Å²) in [6, 6.07) is 9.71. The third-order valence-corrected chi connectivity index (χ3v) is 4.32. The summed E-state index contributed by atoms with van der Waals surface area (Å²) in [6.07, 6.45) is 0. The van der Waals surface area contributed by atoms with E-state index in [2.05, 4.69) is 26.1 Å². The Balaban J connectivity index is 1.95. The van der Waals surface area contributed by atoms with Crippen LogP contribution in [0, 0.1) is 0 Å². The molecule has 0 atom stereocenters. The van der Waals surface area contributed by atoms with Gasteiger partial charge in [0, 0.05) is 17.0 Å². The van der Waals surface area contributed by atoms with Crippen LogP contribution in [-0.4, -0.2) is 5.54 Å². The van der Waals surface area contributed by atoms with Crippen molar-refractivity contribution in [2.24, 2.45) is 0 Å². The number of thiophene rings is 1. The normalized spacial score (nSPS) is 11.7. The zero-order valence-electron chi connectivity index (χ0n) is 12.4. The van der Waals surface area contributed by atoms with Crippen molar-refractivity contribution < 1.29 is 4.74 Å². The highest BCUT2D eigenvalue weighted by Gasteiger charge is 2.10. The average Bonchev–Trinajstić information content (AvgIpc) is 2.80. The minimum absolute atomic E-state index is 0.0834. The fraction of sp³-hybridized carbons (Fsp3) is 0.375. The Bertz CT molecular complexity index is 605. The second kappa shape index (κ2) is 7.01. The van der Waals surface area contributed by atoms with Crippen LogP contribution in [0.2, 0.25) is 9.36 Å². The number of ether oxygens (including phenoxy) is 1. The lowest BCUT2D eigenvalue weighted by molar-refractivity contribution is 0.310. The average molecular weight is 344 g/mol. The van der Waals surface area contributed by atoms with Gasteiger partial charge in [-0.25, -0.2) is 0 Å². The Kier molecular flexibility index (Phi) is 5.55. The molecule has 2 rings (SSSR count). The van der Waals surface area contributed by atoms with Gasteiger partial charge in [-0.05, 0) is 50.6 Å². The van der Waals surface area contributed by atoms with Crippen molar-refractivity contribution in [3.05, 3.63) is 50.1 Å². The molecule has 0 bridgehead atoms. The predicted octanol–water partition coefficient (Wildman–Crippen LogP) is 5.52. The van der Waals surface area contributed by atoms with E-state index in [1.54, 1.807) is 0 Å². The molecule has 2 nitrogen and oxygen atoms in total. The maximum absolute atomic E-state index is 6.28. The molecule has 1 N–H and O–H groups in total. The molecule has 21 heavy (non-hydrogen) atoms. The van der Waals surface area contributed by atoms with Gasteiger partial charge in [0.15, 0.2) is 0 Å². The van der Waals surface area contributed by atoms with Crippen LogP contribution in [-0.2, 0) is 13.2 Å². The lowest BCUT2D eigenvalue weighted by Gasteiger charge is -2.20. The van der Waals surface area contributed by atoms with Gasteiger partial charge in [-0.15, -0.1) is 11.3 Å². The second-order valence-corrected chi connectivity index (χ2v) is 8.07. The number of rotatable bonds is 5. The molecule has 1 aromatic heterocycles. The van der Waals surface area contributed by atoms with Crippen LogP contribution >= 0.6 is 34.5 Å². The van der Waals surface area contributed by atoms with Crippen LogP contribution in [0.1, 0.15) is 31.2 Å². The van der Waals surface area contributed by atoms with Crippen LogP contribution in [0.4, 0.5) is 0 Å². The molecule has 0 aliphatic heterocycles. The molecule has 0 saturated carbocycles. The third kappa shape index (κ3) is 5.51. The van der Waals surface area contributed by atoms with Gasteiger partial charge in [-0.1, -0.05) is 29.3 Å². The van der Waals surface area contributed by atoms with E-state index < -0.39 is 0 Å². The highest BCUT2D eigenvalue weighted by atomic mass is 35.5. The third-order valence-electron chi connectivity index (χ3n) is 2.82. The van der Waals surface area contributed by atoms with Gasteiger partial charge in [-0.3, -0.25) is 0 Å². The molecule has 0 saturated heterocycles. The van der Waals surface area contributed by atoms with Crippen LogP contribution in [0.3, 0.4) is 0 Å². The van der Waals surface area contributed by atoms with Crippen LogP contribution in [0.5, 0.6) is 5.75 Å². The molecule has 0 unspecified atom stereocenters. The number of benzene rings is 1. The van der Waals surface area contributed by atoms with E-state index in [1.807, 2.05) is 30.3 Å². The first-order chi connectivity index (χ1) is 9.83. The van der Waals surface area contributed by atoms with Gasteiger partial charge in [0.2, 0.25) is 0 Å². The first kappa shape index (κ1) is 16.6. The summed E-state index contributed by atoms with van der Waals surface area (Å²) in [6.45, 7) is 7.68. The Morgan fingerprint density at radius 3 is 2.48 bits per heavy atom. The zero-order valence-corrected chi connectivity index (χ0v) is 14.7. The largest absolute Gasteiger partial charge is 0.487 e. The summed E-state index contributed by atoms with van der Waals surface area (Å²) >= 11 is 13.7. The molecule has 5 heteroatoms. The summed E-state index contributed by atoms with van der Waals surface area (Å²) in [7, 11) is 0. The first-order valence-corrected chi connectivity index (χ1v) is 8.31. The van der Waals surface area contributed by atoms with Crippen molar-refractivity contribution >= 4 is 34.5 Å². The topological polar surface area (TPSA) is 21.3 Å². The zero-order chi connectivity index (χ0) is 15.5. The van der Waals surface area contributed by atoms with Crippen molar-refractivity contribution in [2.45, 2.75) is 39.5 Å². The fourth-order valence-corrected chi connectivity index (χ4v) is 2.98. The Hall–Kier alpha value is -0.740. The van der Waals surface area contributed by atoms with E-state index in [9.17, 15) is 0 Å². The monoisotopic (exact) mass is 343 g/mol. The van der Waals surface area contributed by atoms with E-state index in [0.29, 0.717) is 17.4 Å². The minimum atomic E-state index is 0.0834. The summed E-state index contributed by atoms with van der Waals surface area (Å²) in [5.74, 6) is 0.695. The fourth-order valence-electron chi connectivity index (χ4n) is 1.72. The lowest BCUT2D eigenvalue weighted by atomic mass is 10.1. The molecule has 0 aliphatic rings. The Morgan fingerprint density at radius 2 is 1.90 bits per heavy atom. The molecular weight excluding hydrogens is 325 g/mol. The Morgan fingerprint density at radius 1 is 1.14 bits per heavy atom. The van der Waals surface area contributed by atoms with Gasteiger partial charge < -0.3 is 10.1 Å². The molecule has 1 aromatic carbocycles. The molecule has 0 amide bonds. The van der Waals surface area contributed by atoms with Gasteiger partial charge in [0.25, 0.3) is 0 Å². The summed E-state index contributed by atoms with van der Waals surface area (Å²) in [5.41, 5.74) is 1.22. The van der Waals surface area contributed by atoms with E-state index in [4.69, 9.17) is 27.9 Å². The van der Waals surface area contributed by atoms with Gasteiger partial charge in [-0.2, -0.15) is 0 Å². The predicted molar refractivity (Wildman–Crippen MR) is 91.7 cm³/mol. The molecule has 0 aliphatic carbocycles. The Labute approximate surface area is 140 Å².